The minimum Gasteiger partial charge on any atom is -0.348 e. The molecule has 0 spiro atoms. The van der Waals surface area contributed by atoms with Crippen molar-refractivity contribution in [1.29, 1.82) is 0 Å². The third kappa shape index (κ3) is 5.93. The Bertz CT molecular complexity index is 962. The molecular weight excluding hydrogens is 450 g/mol. The van der Waals surface area contributed by atoms with E-state index in [0.717, 1.165) is 0 Å². The molecule has 1 aromatic carbocycles. The lowest BCUT2D eigenvalue weighted by atomic mass is 10.0. The summed E-state index contributed by atoms with van der Waals surface area (Å²) in [6, 6.07) is 4.77. The number of hydrogen-bond acceptors (Lipinski definition) is 5. The molecule has 8 nitrogen and oxygen atoms in total. The third-order valence-corrected chi connectivity index (χ3v) is 6.48. The number of halogens is 2. The van der Waals surface area contributed by atoms with Gasteiger partial charge in [-0.1, -0.05) is 29.3 Å². The highest BCUT2D eigenvalue weighted by Crippen LogP contribution is 2.36. The topological polar surface area (TPSA) is 115 Å². The first kappa shape index (κ1) is 23.0. The number of benzene rings is 1. The molecule has 1 aliphatic rings. The van der Waals surface area contributed by atoms with Crippen LogP contribution in [0.3, 0.4) is 0 Å². The van der Waals surface area contributed by atoms with Gasteiger partial charge in [0, 0.05) is 37.8 Å². The van der Waals surface area contributed by atoms with Crippen molar-refractivity contribution in [2.24, 2.45) is 0 Å². The summed E-state index contributed by atoms with van der Waals surface area (Å²) in [5.74, 6) is -0.648. The summed E-state index contributed by atoms with van der Waals surface area (Å²) in [6.45, 7) is 2.60. The van der Waals surface area contributed by atoms with Crippen molar-refractivity contribution in [3.63, 3.8) is 0 Å². The first-order chi connectivity index (χ1) is 14.1. The number of amides is 1. The van der Waals surface area contributed by atoms with Gasteiger partial charge in [0.15, 0.2) is 5.78 Å². The zero-order valence-corrected chi connectivity index (χ0v) is 18.8. The number of piperidine rings is 1. The average Bonchev–Trinajstić information content (AvgIpc) is 3.10. The molecule has 1 fully saturated rings. The van der Waals surface area contributed by atoms with E-state index in [1.807, 2.05) is 4.90 Å². The molecule has 2 aromatic rings. The number of hydrogen-bond donors (Lipinski definition) is 3. The molecule has 162 valence electrons. The molecule has 1 amide bonds. The summed E-state index contributed by atoms with van der Waals surface area (Å²) in [4.78, 5) is 36.8. The van der Waals surface area contributed by atoms with Crippen LogP contribution in [0.5, 0.6) is 0 Å². The highest BCUT2D eigenvalue weighted by atomic mass is 35.5. The lowest BCUT2D eigenvalue weighted by molar-refractivity contribution is 0.0908. The van der Waals surface area contributed by atoms with Gasteiger partial charge < -0.3 is 10.2 Å². The van der Waals surface area contributed by atoms with E-state index in [2.05, 4.69) is 15.5 Å². The van der Waals surface area contributed by atoms with Crippen molar-refractivity contribution in [2.45, 2.75) is 25.3 Å². The second kappa shape index (κ2) is 9.62. The number of likely N-dealkylation sites (tertiary alicyclic amines) is 1. The number of aromatic nitrogens is 2. The van der Waals surface area contributed by atoms with Crippen molar-refractivity contribution in [1.82, 2.24) is 20.4 Å². The van der Waals surface area contributed by atoms with Crippen LogP contribution in [0.25, 0.3) is 0 Å². The van der Waals surface area contributed by atoms with E-state index in [4.69, 9.17) is 23.2 Å². The van der Waals surface area contributed by atoms with Crippen LogP contribution in [0.2, 0.25) is 10.0 Å². The Kier molecular flexibility index (Phi) is 7.37. The fourth-order valence-electron chi connectivity index (χ4n) is 3.51. The van der Waals surface area contributed by atoms with Gasteiger partial charge in [-0.3, -0.25) is 24.2 Å². The fraction of sp³-hybridized carbons (Fsp3) is 0.421. The van der Waals surface area contributed by atoms with Crippen LogP contribution in [-0.4, -0.2) is 63.8 Å². The maximum absolute atomic E-state index is 12.7. The molecule has 1 saturated heterocycles. The lowest BCUT2D eigenvalue weighted by Crippen LogP contribution is -2.45. The Labute approximate surface area is 184 Å². The zero-order chi connectivity index (χ0) is 21.9. The van der Waals surface area contributed by atoms with E-state index < -0.39 is 7.37 Å². The highest BCUT2D eigenvalue weighted by Gasteiger charge is 2.26. The predicted octanol–water partition coefficient (Wildman–Crippen LogP) is 3.19. The molecule has 0 aliphatic carbocycles. The van der Waals surface area contributed by atoms with E-state index >= 15 is 0 Å². The SMILES string of the molecule is CP(=O)(O)CN1CCC(NC(=O)c2[nH]ncc2CC(=O)c2c(Cl)cccc2Cl)CC1. The van der Waals surface area contributed by atoms with Crippen molar-refractivity contribution in [2.75, 3.05) is 26.0 Å². The smallest absolute Gasteiger partial charge is 0.269 e. The van der Waals surface area contributed by atoms with Gasteiger partial charge in [-0.15, -0.1) is 0 Å². The quantitative estimate of drug-likeness (QED) is 0.420. The van der Waals surface area contributed by atoms with Crippen LogP contribution >= 0.6 is 30.6 Å². The molecule has 0 bridgehead atoms. The molecule has 3 N–H and O–H groups in total. The Hall–Kier alpha value is -1.70. The number of Topliss-reactive ketones (excluding diaryl/α,β-unsaturated/α-hetero) is 1. The standard InChI is InChI=1S/C19H23Cl2N4O4P/c1-30(28,29)11-25-7-5-13(6-8-25)23-19(27)18-12(10-22-24-18)9-16(26)17-14(20)3-2-4-15(17)21/h2-4,10,13H,5-9,11H2,1H3,(H,22,24)(H,23,27)(H,28,29). The molecule has 30 heavy (non-hydrogen) atoms. The highest BCUT2D eigenvalue weighted by molar-refractivity contribution is 7.57. The molecule has 1 aliphatic heterocycles. The van der Waals surface area contributed by atoms with Crippen LogP contribution in [-0.2, 0) is 11.0 Å². The molecular formula is C19H23Cl2N4O4P. The summed E-state index contributed by atoms with van der Waals surface area (Å²) >= 11 is 12.2. The summed E-state index contributed by atoms with van der Waals surface area (Å²) in [6.07, 6.45) is 2.88. The molecule has 2 heterocycles. The minimum absolute atomic E-state index is 0.0615. The van der Waals surface area contributed by atoms with E-state index in [1.165, 1.54) is 12.9 Å². The number of carbonyl (C=O) groups excluding carboxylic acids is 2. The van der Waals surface area contributed by atoms with Crippen LogP contribution in [0.4, 0.5) is 0 Å². The third-order valence-electron chi connectivity index (χ3n) is 4.92. The Morgan fingerprint density at radius 2 is 1.93 bits per heavy atom. The van der Waals surface area contributed by atoms with Crippen LogP contribution in [0, 0.1) is 0 Å². The maximum atomic E-state index is 12.7. The maximum Gasteiger partial charge on any atom is 0.269 e. The Morgan fingerprint density at radius 1 is 1.30 bits per heavy atom. The van der Waals surface area contributed by atoms with E-state index in [0.29, 0.717) is 31.5 Å². The summed E-state index contributed by atoms with van der Waals surface area (Å²) < 4.78 is 11.6. The van der Waals surface area contributed by atoms with Crippen molar-refractivity contribution < 1.29 is 19.0 Å². The number of aromatic amines is 1. The second-order valence-electron chi connectivity index (χ2n) is 7.53. The van der Waals surface area contributed by atoms with E-state index in [-0.39, 0.29) is 51.7 Å². The number of nitrogens with one attached hydrogen (secondary N) is 2. The van der Waals surface area contributed by atoms with Crippen molar-refractivity contribution in [3.05, 3.63) is 51.3 Å². The van der Waals surface area contributed by atoms with Gasteiger partial charge in [0.25, 0.3) is 5.91 Å². The van der Waals surface area contributed by atoms with Gasteiger partial charge in [0.2, 0.25) is 7.37 Å². The molecule has 1 atom stereocenters. The van der Waals surface area contributed by atoms with E-state index in [1.54, 1.807) is 18.2 Å². The van der Waals surface area contributed by atoms with Gasteiger partial charge in [-0.25, -0.2) is 0 Å². The van der Waals surface area contributed by atoms with Crippen LogP contribution in [0.15, 0.2) is 24.4 Å². The number of nitrogens with zero attached hydrogens (tertiary/aromatic N) is 2. The zero-order valence-electron chi connectivity index (χ0n) is 16.4. The van der Waals surface area contributed by atoms with Crippen LogP contribution < -0.4 is 5.32 Å². The minimum atomic E-state index is -3.10. The molecule has 11 heteroatoms. The lowest BCUT2D eigenvalue weighted by Gasteiger charge is -2.32. The van der Waals surface area contributed by atoms with E-state index in [9.17, 15) is 19.0 Å². The Balaban J connectivity index is 1.61. The van der Waals surface area contributed by atoms with Gasteiger partial charge >= 0.3 is 0 Å². The predicted molar refractivity (Wildman–Crippen MR) is 116 cm³/mol. The summed E-state index contributed by atoms with van der Waals surface area (Å²) in [7, 11) is -3.10. The molecule has 1 aromatic heterocycles. The number of rotatable bonds is 7. The van der Waals surface area contributed by atoms with Gasteiger partial charge in [0.1, 0.15) is 5.69 Å². The molecule has 1 unspecified atom stereocenters. The van der Waals surface area contributed by atoms with Gasteiger partial charge in [0.05, 0.1) is 28.1 Å². The molecule has 0 saturated carbocycles. The number of ketones is 1. The fourth-order valence-corrected chi connectivity index (χ4v) is 5.15. The van der Waals surface area contributed by atoms with Crippen molar-refractivity contribution >= 4 is 42.3 Å². The average molecular weight is 473 g/mol. The summed E-state index contributed by atoms with van der Waals surface area (Å²) in [5.41, 5.74) is 0.901. The van der Waals surface area contributed by atoms with Gasteiger partial charge in [-0.05, 0) is 25.0 Å². The molecule has 3 rings (SSSR count). The number of H-pyrrole nitrogens is 1. The van der Waals surface area contributed by atoms with Crippen molar-refractivity contribution in [3.8, 4) is 0 Å². The second-order valence-corrected chi connectivity index (χ2v) is 10.7. The van der Waals surface area contributed by atoms with Gasteiger partial charge in [-0.2, -0.15) is 5.10 Å². The van der Waals surface area contributed by atoms with Crippen LogP contribution in [0.1, 0.15) is 39.3 Å². The largest absolute Gasteiger partial charge is 0.348 e. The number of carbonyl (C=O) groups is 2. The monoisotopic (exact) mass is 472 g/mol. The first-order valence-electron chi connectivity index (χ1n) is 9.46. The normalized spacial score (nSPS) is 17.5. The Morgan fingerprint density at radius 3 is 2.53 bits per heavy atom. The summed E-state index contributed by atoms with van der Waals surface area (Å²) in [5, 5.41) is 10.0. The first-order valence-corrected chi connectivity index (χ1v) is 12.5. The molecule has 0 radical (unpaired) electrons.